The minimum Gasteiger partial charge on any atom is -0.363 e. The van der Waals surface area contributed by atoms with Crippen molar-refractivity contribution in [1.29, 1.82) is 0 Å². The minimum absolute atomic E-state index is 1.04. The molecule has 2 aliphatic rings. The lowest BCUT2D eigenvalue weighted by atomic mass is 10.1. The first-order chi connectivity index (χ1) is 10.9. The molecule has 0 amide bonds. The van der Waals surface area contributed by atoms with E-state index in [0.717, 1.165) is 45.8 Å². The first-order valence-electron chi connectivity index (χ1n) is 8.23. The fraction of sp³-hybridized carbons (Fsp3) is 0.368. The molecule has 1 fully saturated rings. The van der Waals surface area contributed by atoms with Crippen LogP contribution in [0.3, 0.4) is 0 Å². The lowest BCUT2D eigenvalue weighted by Crippen LogP contribution is -2.43. The molecular formula is C19H23N3. The number of nitrogens with zero attached hydrogens (tertiary/aromatic N) is 2. The van der Waals surface area contributed by atoms with Crippen molar-refractivity contribution in [2.75, 3.05) is 31.1 Å². The Morgan fingerprint density at radius 1 is 0.818 bits per heavy atom. The van der Waals surface area contributed by atoms with Crippen LogP contribution >= 0.6 is 0 Å². The van der Waals surface area contributed by atoms with Crippen LogP contribution in [-0.2, 0) is 19.6 Å². The quantitative estimate of drug-likeness (QED) is 0.938. The first-order valence-corrected chi connectivity index (χ1v) is 8.23. The summed E-state index contributed by atoms with van der Waals surface area (Å²) in [4.78, 5) is 5.07. The van der Waals surface area contributed by atoms with E-state index in [9.17, 15) is 0 Å². The largest absolute Gasteiger partial charge is 0.363 e. The van der Waals surface area contributed by atoms with E-state index in [0.29, 0.717) is 0 Å². The lowest BCUT2D eigenvalue weighted by molar-refractivity contribution is 0.233. The highest BCUT2D eigenvalue weighted by atomic mass is 15.2. The van der Waals surface area contributed by atoms with Crippen LogP contribution in [0.25, 0.3) is 0 Å². The second kappa shape index (κ2) is 6.11. The number of anilines is 1. The summed E-state index contributed by atoms with van der Waals surface area (Å²) < 4.78 is 0. The standard InChI is InChI=1S/C19H23N3/c1-2-6-17-15-22(14-16(17)5-1)19-8-4-3-7-18(19)13-21-11-9-20-10-12-21/h1-8,20H,9-15H2. The summed E-state index contributed by atoms with van der Waals surface area (Å²) in [6.45, 7) is 7.64. The Kier molecular flexibility index (Phi) is 3.83. The zero-order valence-electron chi connectivity index (χ0n) is 13.0. The van der Waals surface area contributed by atoms with Gasteiger partial charge in [0.05, 0.1) is 0 Å². The van der Waals surface area contributed by atoms with Gasteiger partial charge >= 0.3 is 0 Å². The van der Waals surface area contributed by atoms with E-state index in [-0.39, 0.29) is 0 Å². The maximum Gasteiger partial charge on any atom is 0.0436 e. The highest BCUT2D eigenvalue weighted by molar-refractivity contribution is 5.57. The molecule has 1 N–H and O–H groups in total. The first kappa shape index (κ1) is 13.8. The predicted molar refractivity (Wildman–Crippen MR) is 90.9 cm³/mol. The smallest absolute Gasteiger partial charge is 0.0436 e. The number of rotatable bonds is 3. The number of hydrogen-bond donors (Lipinski definition) is 1. The Balaban J connectivity index is 1.55. The van der Waals surface area contributed by atoms with E-state index < -0.39 is 0 Å². The summed E-state index contributed by atoms with van der Waals surface area (Å²) >= 11 is 0. The molecule has 0 aromatic heterocycles. The minimum atomic E-state index is 1.04. The molecule has 0 spiro atoms. The maximum atomic E-state index is 3.43. The zero-order valence-corrected chi connectivity index (χ0v) is 13.0. The Morgan fingerprint density at radius 3 is 2.18 bits per heavy atom. The van der Waals surface area contributed by atoms with Gasteiger partial charge in [0.25, 0.3) is 0 Å². The van der Waals surface area contributed by atoms with Crippen LogP contribution in [0.5, 0.6) is 0 Å². The Bertz CT molecular complexity index is 622. The molecule has 3 nitrogen and oxygen atoms in total. The summed E-state index contributed by atoms with van der Waals surface area (Å²) in [5, 5.41) is 3.43. The average molecular weight is 293 g/mol. The monoisotopic (exact) mass is 293 g/mol. The molecule has 0 bridgehead atoms. The van der Waals surface area contributed by atoms with Gasteiger partial charge < -0.3 is 10.2 Å². The number of benzene rings is 2. The Hall–Kier alpha value is -1.84. The van der Waals surface area contributed by atoms with Crippen molar-refractivity contribution < 1.29 is 0 Å². The zero-order chi connectivity index (χ0) is 14.8. The van der Waals surface area contributed by atoms with Crippen molar-refractivity contribution in [3.63, 3.8) is 0 Å². The van der Waals surface area contributed by atoms with Crippen LogP contribution in [0.4, 0.5) is 5.69 Å². The molecule has 2 heterocycles. The van der Waals surface area contributed by atoms with Crippen LogP contribution < -0.4 is 10.2 Å². The van der Waals surface area contributed by atoms with Gasteiger partial charge in [0.2, 0.25) is 0 Å². The van der Waals surface area contributed by atoms with Crippen LogP contribution in [0.1, 0.15) is 16.7 Å². The molecule has 2 aliphatic heterocycles. The van der Waals surface area contributed by atoms with Gasteiger partial charge in [0.15, 0.2) is 0 Å². The molecule has 0 atom stereocenters. The fourth-order valence-electron chi connectivity index (χ4n) is 3.57. The lowest BCUT2D eigenvalue weighted by Gasteiger charge is -2.29. The molecular weight excluding hydrogens is 270 g/mol. The molecule has 0 saturated carbocycles. The van der Waals surface area contributed by atoms with Crippen molar-refractivity contribution in [2.45, 2.75) is 19.6 Å². The molecule has 0 radical (unpaired) electrons. The molecule has 0 aliphatic carbocycles. The second-order valence-corrected chi connectivity index (χ2v) is 6.28. The molecule has 2 aromatic carbocycles. The number of para-hydroxylation sites is 1. The molecule has 1 saturated heterocycles. The van der Waals surface area contributed by atoms with Gasteiger partial charge in [0.1, 0.15) is 0 Å². The molecule has 4 rings (SSSR count). The van der Waals surface area contributed by atoms with E-state index in [1.165, 1.54) is 22.4 Å². The highest BCUT2D eigenvalue weighted by Crippen LogP contribution is 2.31. The van der Waals surface area contributed by atoms with Gasteiger partial charge in [0, 0.05) is 51.5 Å². The van der Waals surface area contributed by atoms with E-state index in [1.54, 1.807) is 0 Å². The van der Waals surface area contributed by atoms with Crippen molar-refractivity contribution >= 4 is 5.69 Å². The number of nitrogens with one attached hydrogen (secondary N) is 1. The second-order valence-electron chi connectivity index (χ2n) is 6.28. The van der Waals surface area contributed by atoms with Gasteiger partial charge in [-0.05, 0) is 22.8 Å². The Labute approximate surface area is 132 Å². The van der Waals surface area contributed by atoms with E-state index in [1.807, 2.05) is 0 Å². The van der Waals surface area contributed by atoms with Crippen LogP contribution in [-0.4, -0.2) is 31.1 Å². The van der Waals surface area contributed by atoms with Gasteiger partial charge in [-0.25, -0.2) is 0 Å². The van der Waals surface area contributed by atoms with Gasteiger partial charge in [-0.2, -0.15) is 0 Å². The maximum absolute atomic E-state index is 3.43. The van der Waals surface area contributed by atoms with E-state index in [2.05, 4.69) is 63.6 Å². The van der Waals surface area contributed by atoms with E-state index >= 15 is 0 Å². The number of piperazine rings is 1. The van der Waals surface area contributed by atoms with Gasteiger partial charge in [-0.15, -0.1) is 0 Å². The van der Waals surface area contributed by atoms with Crippen LogP contribution in [0.15, 0.2) is 48.5 Å². The van der Waals surface area contributed by atoms with Gasteiger partial charge in [-0.3, -0.25) is 4.90 Å². The summed E-state index contributed by atoms with van der Waals surface area (Å²) in [5.74, 6) is 0. The van der Waals surface area contributed by atoms with Crippen molar-refractivity contribution in [2.24, 2.45) is 0 Å². The van der Waals surface area contributed by atoms with Crippen LogP contribution in [0, 0.1) is 0 Å². The molecule has 22 heavy (non-hydrogen) atoms. The highest BCUT2D eigenvalue weighted by Gasteiger charge is 2.21. The third kappa shape index (κ3) is 2.74. The Morgan fingerprint density at radius 2 is 1.45 bits per heavy atom. The van der Waals surface area contributed by atoms with E-state index in [4.69, 9.17) is 0 Å². The molecule has 114 valence electrons. The summed E-state index contributed by atoms with van der Waals surface area (Å²) in [5.41, 5.74) is 5.80. The summed E-state index contributed by atoms with van der Waals surface area (Å²) in [6, 6.07) is 17.7. The third-order valence-electron chi connectivity index (χ3n) is 4.78. The number of hydrogen-bond acceptors (Lipinski definition) is 3. The van der Waals surface area contributed by atoms with Crippen molar-refractivity contribution in [1.82, 2.24) is 10.2 Å². The van der Waals surface area contributed by atoms with Gasteiger partial charge in [-0.1, -0.05) is 42.5 Å². The van der Waals surface area contributed by atoms with Crippen molar-refractivity contribution in [3.8, 4) is 0 Å². The topological polar surface area (TPSA) is 18.5 Å². The average Bonchev–Trinajstić information content (AvgIpc) is 3.00. The molecule has 0 unspecified atom stereocenters. The fourth-order valence-corrected chi connectivity index (χ4v) is 3.57. The molecule has 3 heteroatoms. The van der Waals surface area contributed by atoms with Crippen molar-refractivity contribution in [3.05, 3.63) is 65.2 Å². The van der Waals surface area contributed by atoms with Crippen LogP contribution in [0.2, 0.25) is 0 Å². The SMILES string of the molecule is c1ccc2c(c1)CN(c1ccccc1CN1CCNCC1)C2. The number of fused-ring (bicyclic) bond motifs is 1. The predicted octanol–water partition coefficient (Wildman–Crippen LogP) is 2.61. The summed E-state index contributed by atoms with van der Waals surface area (Å²) in [7, 11) is 0. The third-order valence-corrected chi connectivity index (χ3v) is 4.78. The molecule has 2 aromatic rings. The normalized spacial score (nSPS) is 18.5. The summed E-state index contributed by atoms with van der Waals surface area (Å²) in [6.07, 6.45) is 0.